The van der Waals surface area contributed by atoms with Crippen LogP contribution in [0, 0.1) is 6.92 Å². The van der Waals surface area contributed by atoms with Crippen molar-refractivity contribution in [3.05, 3.63) is 98.5 Å². The summed E-state index contributed by atoms with van der Waals surface area (Å²) < 4.78 is 26.7. The van der Waals surface area contributed by atoms with Gasteiger partial charge >= 0.3 is 0 Å². The molecule has 3 aromatic carbocycles. The lowest BCUT2D eigenvalue weighted by Gasteiger charge is -2.33. The van der Waals surface area contributed by atoms with Crippen molar-refractivity contribution in [3.8, 4) is 0 Å². The number of nitrogens with zero attached hydrogens (tertiary/aromatic N) is 2. The van der Waals surface area contributed by atoms with Gasteiger partial charge < -0.3 is 10.2 Å². The molecule has 0 aliphatic rings. The highest BCUT2D eigenvalue weighted by Gasteiger charge is 2.32. The highest BCUT2D eigenvalue weighted by molar-refractivity contribution is 7.92. The van der Waals surface area contributed by atoms with Gasteiger partial charge in [-0.25, -0.2) is 8.42 Å². The molecule has 0 aliphatic heterocycles. The van der Waals surface area contributed by atoms with E-state index in [1.807, 2.05) is 44.2 Å². The second-order valence-corrected chi connectivity index (χ2v) is 13.6. The lowest BCUT2D eigenvalue weighted by atomic mass is 10.0. The number of sulfonamides is 1. The number of nitrogens with one attached hydrogen (secondary N) is 1. The van der Waals surface area contributed by atoms with E-state index < -0.39 is 16.1 Å². The molecule has 2 amide bonds. The van der Waals surface area contributed by atoms with Gasteiger partial charge in [-0.3, -0.25) is 13.9 Å². The number of hydrogen-bond acceptors (Lipinski definition) is 4. The van der Waals surface area contributed by atoms with Gasteiger partial charge in [0.15, 0.2) is 0 Å². The second kappa shape index (κ2) is 15.1. The minimum absolute atomic E-state index is 0.00352. The molecule has 0 saturated carbocycles. The maximum Gasteiger partial charge on any atom is 0.243 e. The van der Waals surface area contributed by atoms with Crippen LogP contribution in [0.2, 0.25) is 15.1 Å². The van der Waals surface area contributed by atoms with Gasteiger partial charge in [0, 0.05) is 52.6 Å². The standard InChI is InChI=1S/C31H36Cl3N3O4S/c1-21(2)35-31(39)29(18-23-10-6-5-7-11-23)36(20-25-26(33)12-8-13-27(25)34)30(38)14-9-17-37(42(4,40)41)28-19-24(32)16-15-22(28)3/h5-8,10-13,15-16,19,21,29H,9,14,17-18,20H2,1-4H3,(H,35,39)/t29-/m0/s1. The summed E-state index contributed by atoms with van der Waals surface area (Å²) >= 11 is 19.1. The first-order valence-electron chi connectivity index (χ1n) is 13.6. The zero-order valence-electron chi connectivity index (χ0n) is 24.1. The Bertz CT molecular complexity index is 1480. The number of anilines is 1. The van der Waals surface area contributed by atoms with Crippen LogP contribution in [0.5, 0.6) is 0 Å². The Morgan fingerprint density at radius 2 is 1.57 bits per heavy atom. The molecule has 0 radical (unpaired) electrons. The van der Waals surface area contributed by atoms with Crippen molar-refractivity contribution in [1.82, 2.24) is 10.2 Å². The highest BCUT2D eigenvalue weighted by Crippen LogP contribution is 2.29. The predicted octanol–water partition coefficient (Wildman–Crippen LogP) is 6.67. The molecule has 0 fully saturated rings. The van der Waals surface area contributed by atoms with Crippen LogP contribution in [0.25, 0.3) is 0 Å². The Morgan fingerprint density at radius 3 is 2.17 bits per heavy atom. The number of rotatable bonds is 13. The molecule has 42 heavy (non-hydrogen) atoms. The summed E-state index contributed by atoms with van der Waals surface area (Å²) in [5.74, 6) is -0.639. The topological polar surface area (TPSA) is 86.8 Å². The van der Waals surface area contributed by atoms with Crippen LogP contribution in [-0.4, -0.2) is 50.0 Å². The second-order valence-electron chi connectivity index (χ2n) is 10.5. The summed E-state index contributed by atoms with van der Waals surface area (Å²) in [6.45, 7) is 5.56. The van der Waals surface area contributed by atoms with Crippen LogP contribution >= 0.6 is 34.8 Å². The molecule has 11 heteroatoms. The summed E-state index contributed by atoms with van der Waals surface area (Å²) in [5, 5.41) is 4.10. The molecular formula is C31H36Cl3N3O4S. The van der Waals surface area contributed by atoms with Gasteiger partial charge in [-0.1, -0.05) is 77.3 Å². The minimum atomic E-state index is -3.67. The number of halogens is 3. The number of hydrogen-bond donors (Lipinski definition) is 1. The smallest absolute Gasteiger partial charge is 0.243 e. The van der Waals surface area contributed by atoms with Gasteiger partial charge in [-0.15, -0.1) is 0 Å². The fourth-order valence-electron chi connectivity index (χ4n) is 4.62. The monoisotopic (exact) mass is 651 g/mol. The van der Waals surface area contributed by atoms with Crippen molar-refractivity contribution < 1.29 is 18.0 Å². The van der Waals surface area contributed by atoms with Gasteiger partial charge in [0.05, 0.1) is 11.9 Å². The first-order chi connectivity index (χ1) is 19.8. The van der Waals surface area contributed by atoms with Crippen molar-refractivity contribution >= 4 is 62.3 Å². The van der Waals surface area contributed by atoms with Crippen molar-refractivity contribution in [2.75, 3.05) is 17.1 Å². The summed E-state index contributed by atoms with van der Waals surface area (Å²) in [4.78, 5) is 29.0. The van der Waals surface area contributed by atoms with E-state index in [1.54, 1.807) is 43.3 Å². The first-order valence-corrected chi connectivity index (χ1v) is 16.6. The van der Waals surface area contributed by atoms with E-state index in [0.717, 1.165) is 17.4 Å². The third-order valence-corrected chi connectivity index (χ3v) is 8.81. The molecule has 1 N–H and O–H groups in total. The number of carbonyl (C=O) groups is 2. The molecule has 3 aromatic rings. The Labute approximate surface area is 263 Å². The Morgan fingerprint density at radius 1 is 0.929 bits per heavy atom. The third-order valence-electron chi connectivity index (χ3n) is 6.68. The minimum Gasteiger partial charge on any atom is -0.352 e. The van der Waals surface area contributed by atoms with Crippen LogP contribution in [0.15, 0.2) is 66.7 Å². The van der Waals surface area contributed by atoms with Crippen LogP contribution in [0.1, 0.15) is 43.4 Å². The Hall–Kier alpha value is -2.78. The number of benzene rings is 3. The third kappa shape index (κ3) is 9.36. The highest BCUT2D eigenvalue weighted by atomic mass is 35.5. The Balaban J connectivity index is 1.94. The molecule has 226 valence electrons. The predicted molar refractivity (Wildman–Crippen MR) is 172 cm³/mol. The SMILES string of the molecule is Cc1ccc(Cl)cc1N(CCCC(=O)N(Cc1c(Cl)cccc1Cl)[C@@H](Cc1ccccc1)C(=O)NC(C)C)S(C)(=O)=O. The van der Waals surface area contributed by atoms with Gasteiger partial charge in [0.1, 0.15) is 6.04 Å². The van der Waals surface area contributed by atoms with E-state index in [4.69, 9.17) is 34.8 Å². The molecule has 1 atom stereocenters. The van der Waals surface area contributed by atoms with E-state index in [9.17, 15) is 18.0 Å². The molecule has 0 unspecified atom stereocenters. The van der Waals surface area contributed by atoms with Gasteiger partial charge in [-0.2, -0.15) is 0 Å². The van der Waals surface area contributed by atoms with E-state index >= 15 is 0 Å². The zero-order valence-corrected chi connectivity index (χ0v) is 27.2. The van der Waals surface area contributed by atoms with Gasteiger partial charge in [-0.05, 0) is 62.6 Å². The summed E-state index contributed by atoms with van der Waals surface area (Å²) in [7, 11) is -3.67. The lowest BCUT2D eigenvalue weighted by molar-refractivity contribution is -0.141. The van der Waals surface area contributed by atoms with Crippen LogP contribution < -0.4 is 9.62 Å². The zero-order chi connectivity index (χ0) is 31.0. The van der Waals surface area contributed by atoms with E-state index in [2.05, 4.69) is 5.32 Å². The number of aryl methyl sites for hydroxylation is 1. The first kappa shape index (κ1) is 33.7. The quantitative estimate of drug-likeness (QED) is 0.224. The molecule has 3 rings (SSSR count). The van der Waals surface area contributed by atoms with Gasteiger partial charge in [0.2, 0.25) is 21.8 Å². The van der Waals surface area contributed by atoms with Crippen LogP contribution in [-0.2, 0) is 32.6 Å². The maximum atomic E-state index is 14.0. The number of amides is 2. The molecule has 0 saturated heterocycles. The molecule has 0 bridgehead atoms. The lowest BCUT2D eigenvalue weighted by Crippen LogP contribution is -2.52. The fourth-order valence-corrected chi connectivity index (χ4v) is 6.32. The molecular weight excluding hydrogens is 617 g/mol. The summed E-state index contributed by atoms with van der Waals surface area (Å²) in [5.41, 5.74) is 2.59. The van der Waals surface area contributed by atoms with Crippen LogP contribution in [0.4, 0.5) is 5.69 Å². The molecule has 0 aromatic heterocycles. The summed E-state index contributed by atoms with van der Waals surface area (Å²) in [6, 6.07) is 18.5. The molecule has 0 spiro atoms. The van der Waals surface area contributed by atoms with Crippen molar-refractivity contribution in [1.29, 1.82) is 0 Å². The largest absolute Gasteiger partial charge is 0.352 e. The average Bonchev–Trinajstić information content (AvgIpc) is 2.91. The molecule has 0 heterocycles. The Kier molecular flexibility index (Phi) is 12.1. The van der Waals surface area contributed by atoms with E-state index in [-0.39, 0.29) is 50.2 Å². The van der Waals surface area contributed by atoms with Crippen molar-refractivity contribution in [3.63, 3.8) is 0 Å². The fraction of sp³-hybridized carbons (Fsp3) is 0.355. The van der Waals surface area contributed by atoms with E-state index in [0.29, 0.717) is 26.3 Å². The summed E-state index contributed by atoms with van der Waals surface area (Å²) in [6.07, 6.45) is 1.57. The van der Waals surface area contributed by atoms with Crippen molar-refractivity contribution in [2.24, 2.45) is 0 Å². The number of carbonyl (C=O) groups excluding carboxylic acids is 2. The van der Waals surface area contributed by atoms with Crippen molar-refractivity contribution in [2.45, 2.75) is 58.7 Å². The maximum absolute atomic E-state index is 14.0. The molecule has 0 aliphatic carbocycles. The van der Waals surface area contributed by atoms with Crippen LogP contribution in [0.3, 0.4) is 0 Å². The molecule has 7 nitrogen and oxygen atoms in total. The average molecular weight is 653 g/mol. The normalized spacial score (nSPS) is 12.2. The van der Waals surface area contributed by atoms with Gasteiger partial charge in [0.25, 0.3) is 0 Å². The van der Waals surface area contributed by atoms with E-state index in [1.165, 1.54) is 9.21 Å².